The first-order valence-corrected chi connectivity index (χ1v) is 14.9. The predicted octanol–water partition coefficient (Wildman–Crippen LogP) is 6.73. The Hall–Kier alpha value is -5.28. The number of aromatic nitrogens is 4. The normalized spacial score (nSPS) is 12.8. The largest absolute Gasteiger partial charge is 0.490 e. The lowest BCUT2D eigenvalue weighted by Crippen LogP contribution is -2.26. The summed E-state index contributed by atoms with van der Waals surface area (Å²) in [5, 5.41) is 14.1. The number of aliphatic carboxylic acids is 1. The van der Waals surface area contributed by atoms with Gasteiger partial charge in [-0.15, -0.1) is 11.3 Å². The first-order chi connectivity index (χ1) is 22.4. The zero-order valence-electron chi connectivity index (χ0n) is 25.0. The fraction of sp³-hybridized carbons (Fsp3) is 0.188. The van der Waals surface area contributed by atoms with E-state index in [1.807, 2.05) is 31.2 Å². The number of carbonyl (C=O) groups excluding carboxylic acids is 1. The molecule has 5 aromatic rings. The van der Waals surface area contributed by atoms with Crippen LogP contribution in [0.4, 0.5) is 34.9 Å². The van der Waals surface area contributed by atoms with Crippen LogP contribution in [0.15, 0.2) is 73.1 Å². The molecule has 2 aromatic carbocycles. The number of aryl methyl sites for hydroxylation is 1. The van der Waals surface area contributed by atoms with Crippen LogP contribution in [0.2, 0.25) is 0 Å². The van der Waals surface area contributed by atoms with Gasteiger partial charge in [0.15, 0.2) is 0 Å². The molecule has 0 unspecified atom stereocenters. The average molecular weight is 666 g/mol. The summed E-state index contributed by atoms with van der Waals surface area (Å²) in [6, 6.07) is 18.5. The highest BCUT2D eigenvalue weighted by molar-refractivity contribution is 7.15. The number of hydrogen-bond donors (Lipinski definition) is 3. The standard InChI is InChI=1S/C30H26FN7OS.C2HF3O2/c1-18-34-26(20-5-3-6-22(15-20)35-29(39)24-7-4-12-32-28(24)31)27(40-18)25-10-13-33-30(37-25)36-23-9-8-19-11-14-38(2)17-21(19)16-23;3-2(4,5)1(6)7/h3-10,12-13,15-16H,11,14,17H2,1-2H3,(H,35,39)(H,33,36,37);(H,6,7). The highest BCUT2D eigenvalue weighted by Crippen LogP contribution is 2.37. The van der Waals surface area contributed by atoms with Crippen LogP contribution in [-0.2, 0) is 17.8 Å². The van der Waals surface area contributed by atoms with Gasteiger partial charge in [0.1, 0.15) is 0 Å². The molecule has 3 N–H and O–H groups in total. The smallest absolute Gasteiger partial charge is 0.475 e. The van der Waals surface area contributed by atoms with Crippen LogP contribution in [0.5, 0.6) is 0 Å². The van der Waals surface area contributed by atoms with Gasteiger partial charge in [-0.25, -0.2) is 24.7 Å². The molecule has 10 nitrogen and oxygen atoms in total. The number of rotatable bonds is 6. The second-order valence-corrected chi connectivity index (χ2v) is 11.7. The number of carboxylic acids is 1. The summed E-state index contributed by atoms with van der Waals surface area (Å²) in [7, 11) is 2.13. The molecule has 0 radical (unpaired) electrons. The number of nitrogens with zero attached hydrogens (tertiary/aromatic N) is 5. The number of halogens is 4. The number of hydrogen-bond acceptors (Lipinski definition) is 9. The number of pyridine rings is 1. The van der Waals surface area contributed by atoms with Gasteiger partial charge in [-0.1, -0.05) is 18.2 Å². The highest BCUT2D eigenvalue weighted by atomic mass is 32.1. The zero-order chi connectivity index (χ0) is 33.7. The number of benzene rings is 2. The summed E-state index contributed by atoms with van der Waals surface area (Å²) in [4.78, 5) is 42.3. The molecule has 0 saturated carbocycles. The van der Waals surface area contributed by atoms with Crippen molar-refractivity contribution in [1.29, 1.82) is 0 Å². The van der Waals surface area contributed by atoms with Crippen molar-refractivity contribution in [2.24, 2.45) is 0 Å². The number of nitrogens with one attached hydrogen (secondary N) is 2. The minimum absolute atomic E-state index is 0.120. The molecule has 15 heteroatoms. The van der Waals surface area contributed by atoms with Gasteiger partial charge >= 0.3 is 12.1 Å². The van der Waals surface area contributed by atoms with Crippen LogP contribution in [0, 0.1) is 12.9 Å². The molecule has 0 saturated heterocycles. The Bertz CT molecular complexity index is 1930. The zero-order valence-corrected chi connectivity index (χ0v) is 25.8. The summed E-state index contributed by atoms with van der Waals surface area (Å²) in [5.41, 5.74) is 6.32. The lowest BCUT2D eigenvalue weighted by atomic mass is 9.99. The van der Waals surface area contributed by atoms with E-state index in [1.165, 1.54) is 40.8 Å². The molecule has 0 spiro atoms. The van der Waals surface area contributed by atoms with Crippen molar-refractivity contribution in [1.82, 2.24) is 24.8 Å². The van der Waals surface area contributed by atoms with Crippen LogP contribution < -0.4 is 10.6 Å². The van der Waals surface area contributed by atoms with Crippen LogP contribution in [0.25, 0.3) is 21.8 Å². The molecule has 242 valence electrons. The van der Waals surface area contributed by atoms with Gasteiger partial charge in [0.25, 0.3) is 5.91 Å². The van der Waals surface area contributed by atoms with Crippen molar-refractivity contribution < 1.29 is 32.3 Å². The molecule has 1 amide bonds. The van der Waals surface area contributed by atoms with E-state index in [1.54, 1.807) is 12.3 Å². The summed E-state index contributed by atoms with van der Waals surface area (Å²) in [5.74, 6) is -3.65. The van der Waals surface area contributed by atoms with Crippen molar-refractivity contribution in [2.45, 2.75) is 26.1 Å². The van der Waals surface area contributed by atoms with E-state index in [9.17, 15) is 22.4 Å². The van der Waals surface area contributed by atoms with Crippen molar-refractivity contribution in [3.05, 3.63) is 101 Å². The molecule has 1 aliphatic rings. The number of alkyl halides is 3. The maximum absolute atomic E-state index is 14.0. The first kappa shape index (κ1) is 33.1. The Morgan fingerprint density at radius 2 is 1.74 bits per heavy atom. The predicted molar refractivity (Wildman–Crippen MR) is 169 cm³/mol. The number of fused-ring (bicyclic) bond motifs is 1. The third-order valence-electron chi connectivity index (χ3n) is 6.93. The molecule has 1 aliphatic heterocycles. The molecule has 3 aromatic heterocycles. The minimum Gasteiger partial charge on any atom is -0.475 e. The Balaban J connectivity index is 0.000000559. The molecule has 0 atom stereocenters. The molecule has 6 rings (SSSR count). The van der Waals surface area contributed by atoms with E-state index in [4.69, 9.17) is 19.9 Å². The van der Waals surface area contributed by atoms with Crippen LogP contribution in [-0.4, -0.2) is 61.6 Å². The van der Waals surface area contributed by atoms with E-state index < -0.39 is 24.0 Å². The Kier molecular flexibility index (Phi) is 9.86. The van der Waals surface area contributed by atoms with E-state index in [0.717, 1.165) is 52.0 Å². The average Bonchev–Trinajstić information content (AvgIpc) is 3.43. The summed E-state index contributed by atoms with van der Waals surface area (Å²) in [6.07, 6.45) is -0.996. The molecular weight excluding hydrogens is 638 g/mol. The number of carbonyl (C=O) groups is 2. The second kappa shape index (κ2) is 14.0. The van der Waals surface area contributed by atoms with E-state index in [2.05, 4.69) is 50.7 Å². The SMILES string of the molecule is Cc1nc(-c2cccc(NC(=O)c3cccnc3F)c2)c(-c2ccnc(Nc3ccc4c(c3)CN(C)CC4)n2)s1.O=C(O)C(F)(F)F. The molecule has 47 heavy (non-hydrogen) atoms. The lowest BCUT2D eigenvalue weighted by Gasteiger charge is -2.25. The Morgan fingerprint density at radius 3 is 2.49 bits per heavy atom. The number of amides is 1. The number of carboxylic acid groups (broad SMARTS) is 1. The molecule has 4 heterocycles. The fourth-order valence-electron chi connectivity index (χ4n) is 4.74. The molecule has 0 fully saturated rings. The van der Waals surface area contributed by atoms with Gasteiger partial charge in [0.2, 0.25) is 11.9 Å². The highest BCUT2D eigenvalue weighted by Gasteiger charge is 2.38. The quantitative estimate of drug-likeness (QED) is 0.133. The fourth-order valence-corrected chi connectivity index (χ4v) is 5.66. The number of likely N-dealkylation sites (N-methyl/N-ethyl adjacent to an activating group) is 1. The van der Waals surface area contributed by atoms with Crippen LogP contribution in [0.3, 0.4) is 0 Å². The van der Waals surface area contributed by atoms with Gasteiger partial charge in [-0.3, -0.25) is 4.79 Å². The van der Waals surface area contributed by atoms with Gasteiger partial charge in [-0.2, -0.15) is 17.6 Å². The van der Waals surface area contributed by atoms with Crippen molar-refractivity contribution in [2.75, 3.05) is 24.2 Å². The van der Waals surface area contributed by atoms with Crippen molar-refractivity contribution >= 4 is 40.5 Å². The monoisotopic (exact) mass is 665 g/mol. The number of thiazole rings is 1. The molecule has 0 aliphatic carbocycles. The lowest BCUT2D eigenvalue weighted by molar-refractivity contribution is -0.192. The van der Waals surface area contributed by atoms with E-state index in [-0.39, 0.29) is 5.56 Å². The van der Waals surface area contributed by atoms with Crippen molar-refractivity contribution in [3.63, 3.8) is 0 Å². The molecule has 0 bridgehead atoms. The first-order valence-electron chi connectivity index (χ1n) is 14.1. The Labute approximate surface area is 270 Å². The Morgan fingerprint density at radius 1 is 0.957 bits per heavy atom. The molecular formula is C32H27F4N7O3S. The van der Waals surface area contributed by atoms with Gasteiger partial charge in [0.05, 0.1) is 26.8 Å². The van der Waals surface area contributed by atoms with E-state index >= 15 is 0 Å². The van der Waals surface area contributed by atoms with Crippen molar-refractivity contribution in [3.8, 4) is 21.8 Å². The summed E-state index contributed by atoms with van der Waals surface area (Å²) < 4.78 is 45.7. The summed E-state index contributed by atoms with van der Waals surface area (Å²) >= 11 is 1.53. The third kappa shape index (κ3) is 8.31. The maximum Gasteiger partial charge on any atom is 0.490 e. The number of anilines is 3. The second-order valence-electron chi connectivity index (χ2n) is 10.5. The topological polar surface area (TPSA) is 133 Å². The van der Waals surface area contributed by atoms with Gasteiger partial charge < -0.3 is 20.6 Å². The maximum atomic E-state index is 14.0. The summed E-state index contributed by atoms with van der Waals surface area (Å²) in [6.45, 7) is 3.94. The van der Waals surface area contributed by atoms with Gasteiger partial charge in [0, 0.05) is 42.4 Å². The van der Waals surface area contributed by atoms with Crippen LogP contribution >= 0.6 is 11.3 Å². The third-order valence-corrected chi connectivity index (χ3v) is 7.92. The van der Waals surface area contributed by atoms with E-state index in [0.29, 0.717) is 11.6 Å². The van der Waals surface area contributed by atoms with Crippen LogP contribution in [0.1, 0.15) is 26.5 Å². The van der Waals surface area contributed by atoms with Gasteiger partial charge in [-0.05, 0) is 74.0 Å². The minimum atomic E-state index is -5.08.